The molecule has 0 saturated carbocycles. The lowest BCUT2D eigenvalue weighted by atomic mass is 9.88. The van der Waals surface area contributed by atoms with Crippen molar-refractivity contribution in [3.05, 3.63) is 36.0 Å². The number of hydrogen-bond donors (Lipinski definition) is 4. The first-order valence-corrected chi connectivity index (χ1v) is 17.4. The number of cyclic esters (lactones) is 1. The maximum absolute atomic E-state index is 13.1. The zero-order valence-corrected chi connectivity index (χ0v) is 29.5. The molecule has 47 heavy (non-hydrogen) atoms. The van der Waals surface area contributed by atoms with Crippen molar-refractivity contribution in [1.29, 1.82) is 0 Å². The highest BCUT2D eigenvalue weighted by Crippen LogP contribution is 2.37. The lowest BCUT2D eigenvalue weighted by molar-refractivity contribution is -0.151. The summed E-state index contributed by atoms with van der Waals surface area (Å²) in [6.07, 6.45) is 7.97. The Bertz CT molecular complexity index is 1110. The first kappa shape index (κ1) is 39.2. The average molecular weight is 665 g/mol. The van der Waals surface area contributed by atoms with E-state index in [0.29, 0.717) is 25.0 Å². The molecule has 10 atom stereocenters. The Morgan fingerprint density at radius 2 is 1.98 bits per heavy atom. The number of amides is 1. The maximum atomic E-state index is 13.1. The minimum absolute atomic E-state index is 0.0109. The summed E-state index contributed by atoms with van der Waals surface area (Å²) in [5.41, 5.74) is -1.94. The van der Waals surface area contributed by atoms with Gasteiger partial charge in [-0.3, -0.25) is 4.79 Å². The minimum Gasteiger partial charge on any atom is -0.457 e. The van der Waals surface area contributed by atoms with Crippen LogP contribution >= 0.6 is 0 Å². The summed E-state index contributed by atoms with van der Waals surface area (Å²) in [7, 11) is 1.68. The summed E-state index contributed by atoms with van der Waals surface area (Å²) < 4.78 is 17.4. The van der Waals surface area contributed by atoms with Crippen LogP contribution in [0.2, 0.25) is 0 Å². The van der Waals surface area contributed by atoms with Crippen LogP contribution in [-0.2, 0) is 19.0 Å². The molecule has 10 unspecified atom stereocenters. The van der Waals surface area contributed by atoms with Gasteiger partial charge < -0.3 is 44.4 Å². The van der Waals surface area contributed by atoms with Gasteiger partial charge in [0, 0.05) is 38.4 Å². The molecule has 268 valence electrons. The van der Waals surface area contributed by atoms with Crippen LogP contribution in [-0.4, -0.2) is 123 Å². The molecule has 11 heteroatoms. The van der Waals surface area contributed by atoms with E-state index in [1.54, 1.807) is 51.3 Å². The number of epoxide rings is 1. The van der Waals surface area contributed by atoms with Crippen molar-refractivity contribution in [2.45, 2.75) is 134 Å². The van der Waals surface area contributed by atoms with Gasteiger partial charge in [0.25, 0.3) is 0 Å². The molecular weight excluding hydrogens is 604 g/mol. The predicted octanol–water partition coefficient (Wildman–Crippen LogP) is 3.74. The smallest absolute Gasteiger partial charge is 0.410 e. The molecule has 3 heterocycles. The summed E-state index contributed by atoms with van der Waals surface area (Å²) in [4.78, 5) is 29.7. The van der Waals surface area contributed by atoms with Crippen LogP contribution in [0.4, 0.5) is 4.79 Å². The molecule has 0 spiro atoms. The number of carbonyl (C=O) groups is 2. The molecule has 0 aromatic rings. The Kier molecular flexibility index (Phi) is 14.5. The van der Waals surface area contributed by atoms with E-state index in [1.165, 1.54) is 4.90 Å². The van der Waals surface area contributed by atoms with Crippen molar-refractivity contribution in [3.63, 3.8) is 0 Å². The number of allylic oxidation sites excluding steroid dienone is 2. The Balaban J connectivity index is 1.72. The molecule has 0 aromatic carbocycles. The lowest BCUT2D eigenvalue weighted by Crippen LogP contribution is -2.45. The van der Waals surface area contributed by atoms with Crippen LogP contribution < -0.4 is 0 Å². The molecule has 0 aliphatic carbocycles. The molecule has 1 amide bonds. The molecule has 3 aliphatic rings. The van der Waals surface area contributed by atoms with E-state index in [4.69, 9.17) is 14.2 Å². The molecule has 11 nitrogen and oxygen atoms in total. The van der Waals surface area contributed by atoms with Gasteiger partial charge in [-0.05, 0) is 77.6 Å². The van der Waals surface area contributed by atoms with E-state index in [9.17, 15) is 30.0 Å². The van der Waals surface area contributed by atoms with Crippen molar-refractivity contribution < 1.29 is 44.2 Å². The highest BCUT2D eigenvalue weighted by Gasteiger charge is 2.47. The van der Waals surface area contributed by atoms with Crippen LogP contribution in [0.25, 0.3) is 0 Å². The van der Waals surface area contributed by atoms with E-state index in [1.807, 2.05) is 27.7 Å². The number of nitrogens with zero attached hydrogens (tertiary/aromatic N) is 2. The van der Waals surface area contributed by atoms with Crippen LogP contribution in [0.5, 0.6) is 0 Å². The number of likely N-dealkylation sites (N-methyl/N-ethyl adjacent to an activating group) is 1. The molecule has 0 aromatic heterocycles. The fraction of sp³-hybridized carbons (Fsp3) is 0.778. The third kappa shape index (κ3) is 12.3. The Labute approximate surface area is 281 Å². The molecule has 3 rings (SSSR count). The molecule has 4 N–H and O–H groups in total. The van der Waals surface area contributed by atoms with Crippen LogP contribution in [0.1, 0.15) is 86.5 Å². The second-order valence-electron chi connectivity index (χ2n) is 14.5. The normalized spacial score (nSPS) is 34.4. The topological polar surface area (TPSA) is 153 Å². The third-order valence-electron chi connectivity index (χ3n) is 9.86. The number of esters is 1. The van der Waals surface area contributed by atoms with Gasteiger partial charge in [0.15, 0.2) is 6.10 Å². The number of aliphatic hydroxyl groups excluding tert-OH is 2. The fourth-order valence-electron chi connectivity index (χ4n) is 6.39. The quantitative estimate of drug-likeness (QED) is 0.105. The van der Waals surface area contributed by atoms with Gasteiger partial charge in [0.2, 0.25) is 0 Å². The van der Waals surface area contributed by atoms with E-state index < -0.39 is 47.7 Å². The van der Waals surface area contributed by atoms with E-state index in [0.717, 1.165) is 32.5 Å². The monoisotopic (exact) mass is 664 g/mol. The number of carbonyl (C=O) groups excluding carboxylic acids is 2. The summed E-state index contributed by atoms with van der Waals surface area (Å²) in [6, 6.07) is 0. The second kappa shape index (κ2) is 17.4. The summed E-state index contributed by atoms with van der Waals surface area (Å²) in [5.74, 6) is -0.949. The molecule has 0 bridgehead atoms. The first-order valence-electron chi connectivity index (χ1n) is 17.4. The van der Waals surface area contributed by atoms with Crippen LogP contribution in [0.15, 0.2) is 36.0 Å². The van der Waals surface area contributed by atoms with Gasteiger partial charge >= 0.3 is 12.1 Å². The van der Waals surface area contributed by atoms with E-state index >= 15 is 0 Å². The van der Waals surface area contributed by atoms with Crippen molar-refractivity contribution in [2.75, 3.05) is 33.2 Å². The average Bonchev–Trinajstić information content (AvgIpc) is 3.54. The van der Waals surface area contributed by atoms with E-state index in [-0.39, 0.29) is 43.3 Å². The molecule has 3 aliphatic heterocycles. The fourth-order valence-corrected chi connectivity index (χ4v) is 6.39. The first-order chi connectivity index (χ1) is 22.0. The van der Waals surface area contributed by atoms with Crippen molar-refractivity contribution >= 4 is 12.1 Å². The molecule has 2 fully saturated rings. The maximum Gasteiger partial charge on any atom is 0.410 e. The Morgan fingerprint density at radius 3 is 2.64 bits per heavy atom. The minimum atomic E-state index is -1.49. The van der Waals surface area contributed by atoms with Gasteiger partial charge in [-0.1, -0.05) is 45.1 Å². The molecule has 2 saturated heterocycles. The molecular formula is C36H60N2O9. The Morgan fingerprint density at radius 1 is 1.30 bits per heavy atom. The second-order valence-corrected chi connectivity index (χ2v) is 14.5. The van der Waals surface area contributed by atoms with Crippen molar-refractivity contribution in [1.82, 2.24) is 9.80 Å². The van der Waals surface area contributed by atoms with Crippen molar-refractivity contribution in [3.8, 4) is 0 Å². The number of likely N-dealkylation sites (tertiary alicyclic amines) is 1. The van der Waals surface area contributed by atoms with Crippen LogP contribution in [0.3, 0.4) is 0 Å². The highest BCUT2D eigenvalue weighted by molar-refractivity contribution is 5.70. The van der Waals surface area contributed by atoms with Gasteiger partial charge in [-0.25, -0.2) is 4.79 Å². The lowest BCUT2D eigenvalue weighted by Gasteiger charge is -2.33. The third-order valence-corrected chi connectivity index (χ3v) is 9.86. The summed E-state index contributed by atoms with van der Waals surface area (Å²) >= 11 is 0. The predicted molar refractivity (Wildman–Crippen MR) is 179 cm³/mol. The summed E-state index contributed by atoms with van der Waals surface area (Å²) in [5, 5.41) is 43.1. The zero-order valence-electron chi connectivity index (χ0n) is 29.5. The zero-order chi connectivity index (χ0) is 34.9. The summed E-state index contributed by atoms with van der Waals surface area (Å²) in [6.45, 7) is 14.1. The van der Waals surface area contributed by atoms with Gasteiger partial charge in [0.05, 0.1) is 36.4 Å². The van der Waals surface area contributed by atoms with Gasteiger partial charge in [0.1, 0.15) is 11.7 Å². The number of aliphatic hydroxyl groups is 4. The van der Waals surface area contributed by atoms with Crippen LogP contribution in [0, 0.1) is 11.8 Å². The largest absolute Gasteiger partial charge is 0.457 e. The van der Waals surface area contributed by atoms with Crippen molar-refractivity contribution in [2.24, 2.45) is 11.8 Å². The SMILES string of the molecule is CCC(O)C(C)C1OC1CC(C)(O)/C=C/C=C(\C)C1OC(=O)CC(O)CCC(C)(O)C(OC(=O)N(C)CCN2CCCC2)/C=C/C1C. The van der Waals surface area contributed by atoms with E-state index in [2.05, 4.69) is 4.90 Å². The number of rotatable bonds is 12. The van der Waals surface area contributed by atoms with Gasteiger partial charge in [-0.2, -0.15) is 0 Å². The standard InChI is InChI=1S/C36H60N2O9/c1-8-28(40)26(4)33-29(45-33)23-35(5,43)16-11-12-24(2)32-25(3)13-14-30(36(6,44)17-15-27(39)22-31(41)47-32)46-34(42)37(7)20-21-38-18-9-10-19-38/h11-14,16,25-30,32-33,39-40,43-44H,8-10,15,17-23H2,1-7H3/b14-13+,16-11+,24-12+. The number of hydrogen-bond acceptors (Lipinski definition) is 10. The highest BCUT2D eigenvalue weighted by atomic mass is 16.6. The van der Waals surface area contributed by atoms with Gasteiger partial charge in [-0.15, -0.1) is 0 Å². The molecule has 0 radical (unpaired) electrons. The number of ether oxygens (including phenoxy) is 3. The Hall–Kier alpha value is -2.28.